The number of nitrogens with one attached hydrogen (secondary N) is 1. The van der Waals surface area contributed by atoms with Crippen molar-refractivity contribution in [1.29, 1.82) is 0 Å². The van der Waals surface area contributed by atoms with Gasteiger partial charge in [0.2, 0.25) is 5.91 Å². The fourth-order valence-corrected chi connectivity index (χ4v) is 1.16. The molecule has 0 heterocycles. The molecule has 0 saturated heterocycles. The predicted octanol–water partition coefficient (Wildman–Crippen LogP) is 2.04. The fourth-order valence-electron chi connectivity index (χ4n) is 0.697. The summed E-state index contributed by atoms with van der Waals surface area (Å²) in [5.74, 6) is 1.73. The van der Waals surface area contributed by atoms with Gasteiger partial charge in [0.05, 0.1) is 5.75 Å². The molecule has 0 aromatic carbocycles. The third-order valence-electron chi connectivity index (χ3n) is 1.80. The van der Waals surface area contributed by atoms with Crippen LogP contribution in [0.5, 0.6) is 0 Å². The van der Waals surface area contributed by atoms with Gasteiger partial charge in [-0.15, -0.1) is 0 Å². The number of carbonyl (C=O) groups excluding carboxylic acids is 1. The van der Waals surface area contributed by atoms with E-state index in [4.69, 9.17) is 0 Å². The van der Waals surface area contributed by atoms with E-state index in [1.54, 1.807) is 11.8 Å². The lowest BCUT2D eigenvalue weighted by Crippen LogP contribution is -2.43. The number of rotatable bonds is 5. The molecule has 1 N–H and O–H groups in total. The molecule has 1 amide bonds. The van der Waals surface area contributed by atoms with Crippen LogP contribution in [0.2, 0.25) is 0 Å². The van der Waals surface area contributed by atoms with E-state index in [9.17, 15) is 4.79 Å². The summed E-state index contributed by atoms with van der Waals surface area (Å²) >= 11 is 1.66. The molecule has 0 aromatic heterocycles. The van der Waals surface area contributed by atoms with Gasteiger partial charge in [0.25, 0.3) is 0 Å². The molecule has 0 unspecified atom stereocenters. The second-order valence-corrected chi connectivity index (χ2v) is 4.70. The van der Waals surface area contributed by atoms with Crippen LogP contribution in [0.1, 0.15) is 34.1 Å². The van der Waals surface area contributed by atoms with Crippen LogP contribution in [0, 0.1) is 0 Å². The van der Waals surface area contributed by atoms with Gasteiger partial charge in [0, 0.05) is 5.54 Å². The molecule has 0 aliphatic heterocycles. The molecule has 2 nitrogen and oxygen atoms in total. The van der Waals surface area contributed by atoms with Crippen LogP contribution >= 0.6 is 11.8 Å². The zero-order chi connectivity index (χ0) is 9.61. The summed E-state index contributed by atoms with van der Waals surface area (Å²) < 4.78 is 0. The average Bonchev–Trinajstić information content (AvgIpc) is 2.00. The molecule has 12 heavy (non-hydrogen) atoms. The van der Waals surface area contributed by atoms with Crippen molar-refractivity contribution in [3.05, 3.63) is 0 Å². The molecule has 0 rings (SSSR count). The van der Waals surface area contributed by atoms with Crippen molar-refractivity contribution < 1.29 is 4.79 Å². The van der Waals surface area contributed by atoms with Crippen molar-refractivity contribution in [2.24, 2.45) is 0 Å². The molecule has 0 atom stereocenters. The van der Waals surface area contributed by atoms with Gasteiger partial charge in [-0.2, -0.15) is 11.8 Å². The van der Waals surface area contributed by atoms with E-state index in [2.05, 4.69) is 19.2 Å². The molecule has 0 aliphatic rings. The maximum Gasteiger partial charge on any atom is 0.230 e. The minimum atomic E-state index is -0.0502. The Labute approximate surface area is 79.5 Å². The van der Waals surface area contributed by atoms with E-state index >= 15 is 0 Å². The molecular formula is C9H19NOS. The van der Waals surface area contributed by atoms with E-state index in [0.717, 1.165) is 12.2 Å². The summed E-state index contributed by atoms with van der Waals surface area (Å²) in [5, 5.41) is 2.98. The summed E-state index contributed by atoms with van der Waals surface area (Å²) in [6.07, 6.45) is 0.968. The molecule has 3 heteroatoms. The molecular weight excluding hydrogens is 170 g/mol. The van der Waals surface area contributed by atoms with Crippen LogP contribution in [0.15, 0.2) is 0 Å². The lowest BCUT2D eigenvalue weighted by molar-refractivity contribution is -0.120. The SMILES string of the molecule is CCSCC(=O)NC(C)(C)CC. The molecule has 0 aliphatic carbocycles. The Morgan fingerprint density at radius 1 is 1.42 bits per heavy atom. The van der Waals surface area contributed by atoms with Gasteiger partial charge < -0.3 is 5.32 Å². The van der Waals surface area contributed by atoms with Gasteiger partial charge in [0.1, 0.15) is 0 Å². The minimum absolute atomic E-state index is 0.0502. The Balaban J connectivity index is 3.68. The third kappa shape index (κ3) is 5.47. The minimum Gasteiger partial charge on any atom is -0.351 e. The van der Waals surface area contributed by atoms with Crippen LogP contribution in [-0.2, 0) is 4.79 Å². The molecule has 0 radical (unpaired) electrons. The topological polar surface area (TPSA) is 29.1 Å². The van der Waals surface area contributed by atoms with Crippen molar-refractivity contribution in [2.45, 2.75) is 39.7 Å². The smallest absolute Gasteiger partial charge is 0.230 e. The van der Waals surface area contributed by atoms with Crippen LogP contribution in [0.25, 0.3) is 0 Å². The van der Waals surface area contributed by atoms with Gasteiger partial charge in [-0.25, -0.2) is 0 Å². The van der Waals surface area contributed by atoms with Crippen LogP contribution in [-0.4, -0.2) is 23.0 Å². The van der Waals surface area contributed by atoms with Crippen LogP contribution in [0.4, 0.5) is 0 Å². The summed E-state index contributed by atoms with van der Waals surface area (Å²) in [4.78, 5) is 11.2. The first kappa shape index (κ1) is 11.8. The number of thioether (sulfide) groups is 1. The van der Waals surface area contributed by atoms with Crippen LogP contribution < -0.4 is 5.32 Å². The van der Waals surface area contributed by atoms with Gasteiger partial charge in [-0.05, 0) is 26.0 Å². The number of amides is 1. The third-order valence-corrected chi connectivity index (χ3v) is 2.67. The predicted molar refractivity (Wildman–Crippen MR) is 55.5 cm³/mol. The highest BCUT2D eigenvalue weighted by Gasteiger charge is 2.16. The highest BCUT2D eigenvalue weighted by Crippen LogP contribution is 2.07. The molecule has 0 saturated carbocycles. The largest absolute Gasteiger partial charge is 0.351 e. The lowest BCUT2D eigenvalue weighted by Gasteiger charge is -2.24. The standard InChI is InChI=1S/C9H19NOS/c1-5-9(3,4)10-8(11)7-12-6-2/h5-7H2,1-4H3,(H,10,11). The van der Waals surface area contributed by atoms with Gasteiger partial charge in [-0.3, -0.25) is 4.79 Å². The van der Waals surface area contributed by atoms with Crippen LogP contribution in [0.3, 0.4) is 0 Å². The summed E-state index contributed by atoms with van der Waals surface area (Å²) in [7, 11) is 0. The number of hydrogen-bond acceptors (Lipinski definition) is 2. The second kappa shape index (κ2) is 5.46. The first-order valence-corrected chi connectivity index (χ1v) is 5.56. The van der Waals surface area contributed by atoms with Crippen molar-refractivity contribution in [2.75, 3.05) is 11.5 Å². The summed E-state index contributed by atoms with van der Waals surface area (Å²) in [6.45, 7) is 8.22. The number of hydrogen-bond donors (Lipinski definition) is 1. The van der Waals surface area contributed by atoms with E-state index in [1.165, 1.54) is 0 Å². The maximum atomic E-state index is 11.2. The van der Waals surface area contributed by atoms with Crippen molar-refractivity contribution in [3.8, 4) is 0 Å². The van der Waals surface area contributed by atoms with Gasteiger partial charge in [-0.1, -0.05) is 13.8 Å². The quantitative estimate of drug-likeness (QED) is 0.717. The zero-order valence-electron chi connectivity index (χ0n) is 8.44. The first-order valence-electron chi connectivity index (χ1n) is 4.40. The summed E-state index contributed by atoms with van der Waals surface area (Å²) in [6, 6.07) is 0. The molecule has 0 spiro atoms. The van der Waals surface area contributed by atoms with Crippen molar-refractivity contribution in [1.82, 2.24) is 5.32 Å². The fraction of sp³-hybridized carbons (Fsp3) is 0.889. The Kier molecular flexibility index (Phi) is 5.38. The Morgan fingerprint density at radius 3 is 2.42 bits per heavy atom. The Hall–Kier alpha value is -0.180. The van der Waals surface area contributed by atoms with Gasteiger partial charge >= 0.3 is 0 Å². The van der Waals surface area contributed by atoms with E-state index in [-0.39, 0.29) is 11.4 Å². The Morgan fingerprint density at radius 2 is 2.00 bits per heavy atom. The highest BCUT2D eigenvalue weighted by molar-refractivity contribution is 7.99. The molecule has 0 fully saturated rings. The molecule has 0 bridgehead atoms. The zero-order valence-corrected chi connectivity index (χ0v) is 9.25. The maximum absolute atomic E-state index is 11.2. The Bertz CT molecular complexity index is 145. The first-order chi connectivity index (χ1) is 5.52. The second-order valence-electron chi connectivity index (χ2n) is 3.42. The van der Waals surface area contributed by atoms with Crippen molar-refractivity contribution in [3.63, 3.8) is 0 Å². The average molecular weight is 189 g/mol. The lowest BCUT2D eigenvalue weighted by atomic mass is 10.0. The highest BCUT2D eigenvalue weighted by atomic mass is 32.2. The normalized spacial score (nSPS) is 11.3. The van der Waals surface area contributed by atoms with E-state index < -0.39 is 0 Å². The number of carbonyl (C=O) groups is 1. The molecule has 0 aromatic rings. The monoisotopic (exact) mass is 189 g/mol. The van der Waals surface area contributed by atoms with E-state index in [0.29, 0.717) is 5.75 Å². The molecule has 72 valence electrons. The van der Waals surface area contributed by atoms with Gasteiger partial charge in [0.15, 0.2) is 0 Å². The summed E-state index contributed by atoms with van der Waals surface area (Å²) in [5.41, 5.74) is -0.0502. The van der Waals surface area contributed by atoms with Crippen molar-refractivity contribution >= 4 is 17.7 Å². The van der Waals surface area contributed by atoms with E-state index in [1.807, 2.05) is 13.8 Å².